The number of piperidine rings is 1. The van der Waals surface area contributed by atoms with Gasteiger partial charge in [0.1, 0.15) is 17.3 Å². The Bertz CT molecular complexity index is 1550. The van der Waals surface area contributed by atoms with Crippen LogP contribution < -0.4 is 9.47 Å². The predicted octanol–water partition coefficient (Wildman–Crippen LogP) is 5.23. The number of hydrogen-bond donors (Lipinski definition) is 1. The topological polar surface area (TPSA) is 86.0 Å². The monoisotopic (exact) mass is 579 g/mol. The minimum atomic E-state index is -1.28. The second-order valence-corrected chi connectivity index (χ2v) is 11.3. The number of imidazole rings is 1. The number of carboxylic acid groups (broad SMARTS) is 1. The molecule has 1 aromatic heterocycles. The first-order chi connectivity index (χ1) is 19.7. The van der Waals surface area contributed by atoms with E-state index in [1.165, 1.54) is 6.07 Å². The fourth-order valence-electron chi connectivity index (χ4n) is 5.89. The lowest BCUT2D eigenvalue weighted by molar-refractivity contribution is -0.130. The second-order valence-electron chi connectivity index (χ2n) is 10.9. The summed E-state index contributed by atoms with van der Waals surface area (Å²) in [4.78, 5) is 18.2. The summed E-state index contributed by atoms with van der Waals surface area (Å²) in [7, 11) is 0. The zero-order valence-electron chi connectivity index (χ0n) is 23.0. The van der Waals surface area contributed by atoms with Crippen molar-refractivity contribution in [2.45, 2.75) is 64.0 Å². The molecule has 3 aliphatic heterocycles. The Kier molecular flexibility index (Phi) is 7.41. The molecule has 0 amide bonds. The van der Waals surface area contributed by atoms with E-state index in [4.69, 9.17) is 35.9 Å². The van der Waals surface area contributed by atoms with Gasteiger partial charge in [-0.05, 0) is 75.4 Å². The van der Waals surface area contributed by atoms with Crippen LogP contribution in [-0.4, -0.2) is 51.3 Å². The highest BCUT2D eigenvalue weighted by molar-refractivity contribution is 6.30. The van der Waals surface area contributed by atoms with Gasteiger partial charge in [-0.2, -0.15) is 0 Å². The van der Waals surface area contributed by atoms with Gasteiger partial charge in [-0.3, -0.25) is 4.90 Å². The molecule has 8 nitrogen and oxygen atoms in total. The van der Waals surface area contributed by atoms with E-state index >= 15 is 0 Å². The molecule has 2 aromatic carbocycles. The number of rotatable bonds is 6. The van der Waals surface area contributed by atoms with Gasteiger partial charge in [-0.1, -0.05) is 23.7 Å². The van der Waals surface area contributed by atoms with E-state index in [9.17, 15) is 9.18 Å². The van der Waals surface area contributed by atoms with Crippen molar-refractivity contribution in [2.75, 3.05) is 19.7 Å². The lowest BCUT2D eigenvalue weighted by Gasteiger charge is -2.33. The zero-order chi connectivity index (χ0) is 28.7. The van der Waals surface area contributed by atoms with Gasteiger partial charge in [-0.15, -0.1) is 0 Å². The fourth-order valence-corrected chi connectivity index (χ4v) is 6.05. The molecule has 0 unspecified atom stereocenters. The van der Waals surface area contributed by atoms with Crippen molar-refractivity contribution >= 4 is 17.6 Å². The molecule has 2 saturated heterocycles. The summed E-state index contributed by atoms with van der Waals surface area (Å²) in [5.74, 6) is 4.49. The molecule has 6 rings (SSSR count). The van der Waals surface area contributed by atoms with E-state index in [1.54, 1.807) is 19.1 Å². The summed E-state index contributed by atoms with van der Waals surface area (Å²) >= 11 is 5.96. The van der Waals surface area contributed by atoms with Crippen LogP contribution in [0.5, 0.6) is 11.5 Å². The Morgan fingerprint density at radius 3 is 2.68 bits per heavy atom. The average molecular weight is 580 g/mol. The van der Waals surface area contributed by atoms with Crippen molar-refractivity contribution in [2.24, 2.45) is 0 Å². The number of aliphatic carboxylic acids is 1. The first kappa shape index (κ1) is 27.6. The summed E-state index contributed by atoms with van der Waals surface area (Å²) in [6, 6.07) is 10.4. The lowest BCUT2D eigenvalue weighted by Crippen LogP contribution is -2.35. The molecule has 2 atom stereocenters. The number of fused-ring (bicyclic) bond motifs is 1. The summed E-state index contributed by atoms with van der Waals surface area (Å²) in [6.07, 6.45) is 2.87. The Morgan fingerprint density at radius 2 is 2.00 bits per heavy atom. The van der Waals surface area contributed by atoms with E-state index in [1.807, 2.05) is 23.6 Å². The summed E-state index contributed by atoms with van der Waals surface area (Å²) in [5, 5.41) is 9.39. The number of ether oxygens (including phenoxy) is 3. The smallest absolute Gasteiger partial charge is 0.382 e. The number of para-hydroxylation sites is 1. The summed E-state index contributed by atoms with van der Waals surface area (Å²) < 4.78 is 34.9. The summed E-state index contributed by atoms with van der Waals surface area (Å²) in [6.45, 7) is 7.26. The highest BCUT2D eigenvalue weighted by Crippen LogP contribution is 2.49. The van der Waals surface area contributed by atoms with E-state index in [-0.39, 0.29) is 12.0 Å². The summed E-state index contributed by atoms with van der Waals surface area (Å²) in [5.41, 5.74) is 2.71. The predicted molar refractivity (Wildman–Crippen MR) is 150 cm³/mol. The first-order valence-corrected chi connectivity index (χ1v) is 14.2. The van der Waals surface area contributed by atoms with Gasteiger partial charge in [-0.25, -0.2) is 14.2 Å². The van der Waals surface area contributed by atoms with Crippen LogP contribution in [0.4, 0.5) is 4.39 Å². The minimum Gasteiger partial charge on any atom is -0.472 e. The van der Waals surface area contributed by atoms with Crippen molar-refractivity contribution < 1.29 is 28.5 Å². The third-order valence-electron chi connectivity index (χ3n) is 8.11. The molecule has 41 heavy (non-hydrogen) atoms. The number of halogens is 2. The normalized spacial score (nSPS) is 22.2. The fraction of sp³-hybridized carbons (Fsp3) is 0.419. The van der Waals surface area contributed by atoms with Gasteiger partial charge >= 0.3 is 5.97 Å². The number of aryl methyl sites for hydroxylation is 1. The molecule has 3 aliphatic rings. The number of carbonyl (C=O) groups is 1. The molecule has 2 fully saturated rings. The molecular weight excluding hydrogens is 549 g/mol. The van der Waals surface area contributed by atoms with Crippen molar-refractivity contribution in [1.29, 1.82) is 0 Å². The van der Waals surface area contributed by atoms with E-state index in [0.29, 0.717) is 40.9 Å². The SMILES string of the molecule is Cc1nc(CN2CCC(c3cccc4c3O[C@@](C)(c3ccc(Cl)cc3F)O4)CC2)n(C[C@@H]2CCO2)c1C#CC(=O)O. The van der Waals surface area contributed by atoms with Crippen LogP contribution in [0.15, 0.2) is 36.4 Å². The minimum absolute atomic E-state index is 0.0906. The highest BCUT2D eigenvalue weighted by Gasteiger charge is 2.43. The molecule has 0 spiro atoms. The van der Waals surface area contributed by atoms with Crippen molar-refractivity contribution in [1.82, 2.24) is 14.5 Å². The average Bonchev–Trinajstić information content (AvgIpc) is 3.40. The molecule has 0 aliphatic carbocycles. The number of hydrogen-bond acceptors (Lipinski definition) is 6. The Morgan fingerprint density at radius 1 is 1.22 bits per heavy atom. The highest BCUT2D eigenvalue weighted by atomic mass is 35.5. The molecule has 214 valence electrons. The number of aromatic nitrogens is 2. The third kappa shape index (κ3) is 5.52. The standard InChI is InChI=1S/C31H31ClFN3O5/c1-19-26(8-9-29(37)38)36(17-22-12-15-39-22)28(34-19)18-35-13-10-20(11-14-35)23-4-3-5-27-30(23)41-31(2,40-27)24-7-6-21(32)16-25(24)33/h3-7,16,20,22H,10-15,17-18H2,1-2H3,(H,37,38)/t22-,31-/m0/s1. The van der Waals surface area contributed by atoms with Gasteiger partial charge in [0.2, 0.25) is 0 Å². The van der Waals surface area contributed by atoms with Gasteiger partial charge in [0.05, 0.1) is 30.5 Å². The quantitative estimate of drug-likeness (QED) is 0.400. The zero-order valence-corrected chi connectivity index (χ0v) is 23.7. The number of carboxylic acids is 1. The van der Waals surface area contributed by atoms with Crippen molar-refractivity contribution in [3.8, 4) is 23.3 Å². The van der Waals surface area contributed by atoms with Gasteiger partial charge < -0.3 is 23.9 Å². The Hall–Kier alpha value is -3.58. The van der Waals surface area contributed by atoms with E-state index < -0.39 is 17.6 Å². The third-order valence-corrected chi connectivity index (χ3v) is 8.35. The van der Waals surface area contributed by atoms with Crippen LogP contribution in [0.1, 0.15) is 60.4 Å². The lowest BCUT2D eigenvalue weighted by atomic mass is 9.88. The maximum absolute atomic E-state index is 14.8. The maximum atomic E-state index is 14.8. The molecule has 0 bridgehead atoms. The first-order valence-electron chi connectivity index (χ1n) is 13.8. The molecule has 1 N–H and O–H groups in total. The molecule has 0 saturated carbocycles. The molecule has 3 aromatic rings. The van der Waals surface area contributed by atoms with Crippen LogP contribution in [-0.2, 0) is 28.4 Å². The van der Waals surface area contributed by atoms with E-state index in [2.05, 4.69) is 22.8 Å². The maximum Gasteiger partial charge on any atom is 0.382 e. The number of benzene rings is 2. The largest absolute Gasteiger partial charge is 0.472 e. The molecule has 0 radical (unpaired) electrons. The van der Waals surface area contributed by atoms with Crippen LogP contribution in [0.2, 0.25) is 5.02 Å². The van der Waals surface area contributed by atoms with Crippen LogP contribution in [0.3, 0.4) is 0 Å². The Labute approximate surface area is 243 Å². The van der Waals surface area contributed by atoms with Crippen molar-refractivity contribution in [3.63, 3.8) is 0 Å². The number of nitrogens with zero attached hydrogens (tertiary/aromatic N) is 3. The van der Waals surface area contributed by atoms with Gasteiger partial charge in [0.15, 0.2) is 11.5 Å². The molecule has 10 heteroatoms. The molecular formula is C31H31ClFN3O5. The van der Waals surface area contributed by atoms with Crippen LogP contribution >= 0.6 is 11.6 Å². The van der Waals surface area contributed by atoms with Gasteiger partial charge in [0.25, 0.3) is 5.79 Å². The van der Waals surface area contributed by atoms with Crippen LogP contribution in [0.25, 0.3) is 0 Å². The van der Waals surface area contributed by atoms with Crippen molar-refractivity contribution in [3.05, 3.63) is 75.6 Å². The van der Waals surface area contributed by atoms with E-state index in [0.717, 1.165) is 56.0 Å². The molecule has 4 heterocycles. The number of likely N-dealkylation sites (tertiary alicyclic amines) is 1. The Balaban J connectivity index is 1.16. The second kappa shape index (κ2) is 11.0. The van der Waals surface area contributed by atoms with Gasteiger partial charge in [0, 0.05) is 30.0 Å². The van der Waals surface area contributed by atoms with Crippen LogP contribution in [0, 0.1) is 24.6 Å².